The SMILES string of the molecule is [C-]#[N+]c1ccc(-c2ccc(-c3cc4c5cccnc5c(-c5cccc(-c6cc(-c7ccncc7)nc(-c7cccnc7)c6)c5)cc4c4cccnc34)cc2)cc1. The second kappa shape index (κ2) is 13.8. The van der Waals surface area contributed by atoms with Gasteiger partial charge in [-0.2, -0.15) is 0 Å². The highest BCUT2D eigenvalue weighted by molar-refractivity contribution is 6.22. The van der Waals surface area contributed by atoms with Gasteiger partial charge in [-0.05, 0) is 111 Å². The third-order valence-corrected chi connectivity index (χ3v) is 10.4. The highest BCUT2D eigenvalue weighted by Crippen LogP contribution is 2.42. The summed E-state index contributed by atoms with van der Waals surface area (Å²) in [7, 11) is 0. The van der Waals surface area contributed by atoms with Gasteiger partial charge < -0.3 is 0 Å². The molecule has 0 atom stereocenters. The molecule has 0 unspecified atom stereocenters. The van der Waals surface area contributed by atoms with Gasteiger partial charge >= 0.3 is 0 Å². The Balaban J connectivity index is 1.12. The van der Waals surface area contributed by atoms with Crippen LogP contribution in [-0.2, 0) is 0 Å². The van der Waals surface area contributed by atoms with E-state index < -0.39 is 0 Å². The minimum absolute atomic E-state index is 0.635. The summed E-state index contributed by atoms with van der Waals surface area (Å²) >= 11 is 0. The van der Waals surface area contributed by atoms with Crippen LogP contribution < -0.4 is 0 Å². The fourth-order valence-corrected chi connectivity index (χ4v) is 7.61. The van der Waals surface area contributed by atoms with E-state index in [1.165, 1.54) is 0 Å². The average Bonchev–Trinajstić information content (AvgIpc) is 3.29. The minimum Gasteiger partial charge on any atom is -0.265 e. The lowest BCUT2D eigenvalue weighted by Crippen LogP contribution is -1.93. The van der Waals surface area contributed by atoms with E-state index in [9.17, 15) is 0 Å². The molecule has 0 radical (unpaired) electrons. The molecular weight excluding hydrogens is 685 g/mol. The van der Waals surface area contributed by atoms with Gasteiger partial charge in [-0.1, -0.05) is 78.9 Å². The molecule has 0 saturated carbocycles. The van der Waals surface area contributed by atoms with Crippen molar-refractivity contribution in [1.29, 1.82) is 0 Å². The number of nitrogens with zero attached hydrogens (tertiary/aromatic N) is 6. The number of rotatable bonds is 6. The van der Waals surface area contributed by atoms with E-state index in [1.54, 1.807) is 18.6 Å². The van der Waals surface area contributed by atoms with Gasteiger partial charge in [0.2, 0.25) is 0 Å². The Bertz CT molecular complexity index is 3060. The smallest absolute Gasteiger partial charge is 0.187 e. The van der Waals surface area contributed by atoms with E-state index in [0.29, 0.717) is 5.69 Å². The van der Waals surface area contributed by atoms with Gasteiger partial charge in [0.15, 0.2) is 5.69 Å². The highest BCUT2D eigenvalue weighted by Gasteiger charge is 2.17. The van der Waals surface area contributed by atoms with Crippen molar-refractivity contribution in [3.05, 3.63) is 194 Å². The van der Waals surface area contributed by atoms with E-state index in [1.807, 2.05) is 79.3 Å². The number of fused-ring (bicyclic) bond motifs is 5. The largest absolute Gasteiger partial charge is 0.265 e. The van der Waals surface area contributed by atoms with Crippen molar-refractivity contribution in [2.75, 3.05) is 0 Å². The molecule has 0 bridgehead atoms. The minimum atomic E-state index is 0.635. The number of hydrogen-bond acceptors (Lipinski definition) is 5. The molecule has 6 heteroatoms. The monoisotopic (exact) mass is 714 g/mol. The summed E-state index contributed by atoms with van der Waals surface area (Å²) in [5, 5.41) is 4.41. The second-order valence-electron chi connectivity index (χ2n) is 13.7. The third kappa shape index (κ3) is 5.90. The van der Waals surface area contributed by atoms with Gasteiger partial charge in [-0.3, -0.25) is 19.9 Å². The Morgan fingerprint density at radius 1 is 0.375 bits per heavy atom. The summed E-state index contributed by atoms with van der Waals surface area (Å²) in [4.78, 5) is 27.1. The zero-order chi connectivity index (χ0) is 37.4. The maximum absolute atomic E-state index is 7.29. The van der Waals surface area contributed by atoms with E-state index in [0.717, 1.165) is 99.6 Å². The molecule has 5 heterocycles. The molecule has 56 heavy (non-hydrogen) atoms. The van der Waals surface area contributed by atoms with E-state index in [4.69, 9.17) is 21.5 Å². The van der Waals surface area contributed by atoms with Crippen molar-refractivity contribution in [3.8, 4) is 67.0 Å². The number of pyridine rings is 5. The molecule has 10 rings (SSSR count). The first-order valence-corrected chi connectivity index (χ1v) is 18.3. The fourth-order valence-electron chi connectivity index (χ4n) is 7.61. The van der Waals surface area contributed by atoms with Gasteiger partial charge in [0, 0.05) is 70.2 Å². The van der Waals surface area contributed by atoms with Crippen LogP contribution in [0.2, 0.25) is 0 Å². The highest BCUT2D eigenvalue weighted by atomic mass is 14.7. The standard InChI is InChI=1S/C50H30N6/c1-51-40-17-15-33(16-18-40)32-11-13-34(14-12-32)43-29-45-42-10-5-23-55-50(42)44(30-46(45)41-9-4-22-54-49(41)43)37-7-2-6-36(26-37)39-27-47(35-19-24-52-25-20-35)56-48(28-39)38-8-3-21-53-31-38/h2-31H. The van der Waals surface area contributed by atoms with Crippen LogP contribution in [-0.4, -0.2) is 24.9 Å². The van der Waals surface area contributed by atoms with Gasteiger partial charge in [-0.15, -0.1) is 0 Å². The molecule has 0 fully saturated rings. The first-order valence-electron chi connectivity index (χ1n) is 18.3. The maximum Gasteiger partial charge on any atom is 0.187 e. The van der Waals surface area contributed by atoms with Crippen LogP contribution >= 0.6 is 0 Å². The Kier molecular flexibility index (Phi) is 8.09. The number of hydrogen-bond donors (Lipinski definition) is 0. The molecule has 0 aliphatic carbocycles. The van der Waals surface area contributed by atoms with Gasteiger partial charge in [0.05, 0.1) is 29.0 Å². The summed E-state index contributed by atoms with van der Waals surface area (Å²) in [6.07, 6.45) is 11.0. The molecule has 5 aromatic carbocycles. The van der Waals surface area contributed by atoms with Crippen molar-refractivity contribution < 1.29 is 0 Å². The van der Waals surface area contributed by atoms with Crippen LogP contribution in [0.25, 0.3) is 104 Å². The molecule has 0 aliphatic heterocycles. The first kappa shape index (κ1) is 32.7. The Labute approximate surface area is 323 Å². The summed E-state index contributed by atoms with van der Waals surface area (Å²) in [5.41, 5.74) is 14.8. The van der Waals surface area contributed by atoms with E-state index in [2.05, 4.69) is 99.7 Å². The molecule has 10 aromatic rings. The van der Waals surface area contributed by atoms with Crippen LogP contribution in [0.4, 0.5) is 5.69 Å². The lowest BCUT2D eigenvalue weighted by atomic mass is 9.90. The summed E-state index contributed by atoms with van der Waals surface area (Å²) in [6.45, 7) is 7.29. The summed E-state index contributed by atoms with van der Waals surface area (Å²) in [6, 6.07) is 50.1. The van der Waals surface area contributed by atoms with Crippen LogP contribution in [0, 0.1) is 6.57 Å². The molecule has 0 spiro atoms. The number of aromatic nitrogens is 5. The predicted octanol–water partition coefficient (Wildman–Crippen LogP) is 12.7. The van der Waals surface area contributed by atoms with E-state index in [-0.39, 0.29) is 0 Å². The molecule has 6 nitrogen and oxygen atoms in total. The zero-order valence-electron chi connectivity index (χ0n) is 30.0. The maximum atomic E-state index is 7.29. The Morgan fingerprint density at radius 2 is 0.946 bits per heavy atom. The average molecular weight is 715 g/mol. The summed E-state index contributed by atoms with van der Waals surface area (Å²) < 4.78 is 0. The molecule has 5 aromatic heterocycles. The third-order valence-electron chi connectivity index (χ3n) is 10.4. The van der Waals surface area contributed by atoms with Crippen LogP contribution in [0.3, 0.4) is 0 Å². The lowest BCUT2D eigenvalue weighted by Gasteiger charge is -2.16. The lowest BCUT2D eigenvalue weighted by molar-refractivity contribution is 1.27. The fraction of sp³-hybridized carbons (Fsp3) is 0. The molecule has 0 N–H and O–H groups in total. The Morgan fingerprint density at radius 3 is 1.59 bits per heavy atom. The number of benzene rings is 5. The molecule has 260 valence electrons. The molecular formula is C50H30N6. The van der Waals surface area contributed by atoms with Crippen LogP contribution in [0.15, 0.2) is 183 Å². The predicted molar refractivity (Wildman–Crippen MR) is 227 cm³/mol. The molecule has 0 saturated heterocycles. The molecule has 0 aliphatic rings. The summed E-state index contributed by atoms with van der Waals surface area (Å²) in [5.74, 6) is 0. The van der Waals surface area contributed by atoms with Crippen molar-refractivity contribution in [1.82, 2.24) is 24.9 Å². The Hall–Kier alpha value is -7.88. The first-order chi connectivity index (χ1) is 27.7. The van der Waals surface area contributed by atoms with Gasteiger partial charge in [-0.25, -0.2) is 9.83 Å². The van der Waals surface area contributed by atoms with Gasteiger partial charge in [0.25, 0.3) is 0 Å². The topological polar surface area (TPSA) is 68.8 Å². The van der Waals surface area contributed by atoms with Crippen LogP contribution in [0.1, 0.15) is 0 Å². The van der Waals surface area contributed by atoms with Crippen molar-refractivity contribution in [2.45, 2.75) is 0 Å². The molecule has 0 amide bonds. The normalized spacial score (nSPS) is 11.2. The second-order valence-corrected chi connectivity index (χ2v) is 13.7. The van der Waals surface area contributed by atoms with Crippen molar-refractivity contribution in [2.24, 2.45) is 0 Å². The van der Waals surface area contributed by atoms with Crippen LogP contribution in [0.5, 0.6) is 0 Å². The quantitative estimate of drug-likeness (QED) is 0.127. The zero-order valence-corrected chi connectivity index (χ0v) is 30.0. The van der Waals surface area contributed by atoms with Crippen molar-refractivity contribution in [3.63, 3.8) is 0 Å². The van der Waals surface area contributed by atoms with Gasteiger partial charge in [0.1, 0.15) is 0 Å². The van der Waals surface area contributed by atoms with Crippen molar-refractivity contribution >= 4 is 38.3 Å². The van der Waals surface area contributed by atoms with E-state index >= 15 is 0 Å².